The van der Waals surface area contributed by atoms with Crippen LogP contribution >= 0.6 is 11.6 Å². The van der Waals surface area contributed by atoms with Crippen LogP contribution in [0.15, 0.2) is 18.2 Å². The second-order valence-corrected chi connectivity index (χ2v) is 6.74. The number of rotatable bonds is 5. The lowest BCUT2D eigenvalue weighted by Gasteiger charge is -2.10. The zero-order valence-electron chi connectivity index (χ0n) is 9.67. The molecule has 0 aromatic heterocycles. The molecule has 0 spiro atoms. The first-order valence-electron chi connectivity index (χ1n) is 5.12. The molecule has 0 radical (unpaired) electrons. The molecule has 0 saturated carbocycles. The largest absolute Gasteiger partial charge is 0.329 e. The molecule has 1 aromatic carbocycles. The summed E-state index contributed by atoms with van der Waals surface area (Å²) in [7, 11) is -3.52. The Kier molecular flexibility index (Phi) is 4.66. The fourth-order valence-electron chi connectivity index (χ4n) is 1.35. The molecule has 1 atom stereocenters. The molecule has 100 valence electrons. The zero-order chi connectivity index (χ0) is 13.9. The van der Waals surface area contributed by atoms with Crippen molar-refractivity contribution >= 4 is 27.1 Å². The number of nitrogens with zero attached hydrogens (tertiary/aromatic N) is 1. The summed E-state index contributed by atoms with van der Waals surface area (Å²) in [5.41, 5.74) is 5.12. The third-order valence-electron chi connectivity index (χ3n) is 2.54. The molecule has 6 nitrogen and oxygen atoms in total. The minimum atomic E-state index is -3.52. The fraction of sp³-hybridized carbons (Fsp3) is 0.400. The summed E-state index contributed by atoms with van der Waals surface area (Å²) in [4.78, 5) is 10.2. The summed E-state index contributed by atoms with van der Waals surface area (Å²) >= 11 is 5.72. The molecule has 0 saturated heterocycles. The van der Waals surface area contributed by atoms with E-state index in [0.29, 0.717) is 0 Å². The van der Waals surface area contributed by atoms with Crippen LogP contribution in [-0.4, -0.2) is 25.1 Å². The molecule has 1 rings (SSSR count). The van der Waals surface area contributed by atoms with Crippen molar-refractivity contribution < 1.29 is 13.3 Å². The Morgan fingerprint density at radius 2 is 2.11 bits per heavy atom. The van der Waals surface area contributed by atoms with E-state index in [1.807, 2.05) is 0 Å². The lowest BCUT2D eigenvalue weighted by molar-refractivity contribution is -0.385. The van der Waals surface area contributed by atoms with Crippen molar-refractivity contribution in [1.29, 1.82) is 0 Å². The Bertz CT molecular complexity index is 559. The minimum absolute atomic E-state index is 0.0311. The van der Waals surface area contributed by atoms with E-state index in [-0.39, 0.29) is 22.8 Å². The van der Waals surface area contributed by atoms with Crippen molar-refractivity contribution in [3.63, 3.8) is 0 Å². The Labute approximate surface area is 110 Å². The van der Waals surface area contributed by atoms with E-state index in [9.17, 15) is 18.5 Å². The van der Waals surface area contributed by atoms with E-state index in [2.05, 4.69) is 0 Å². The maximum atomic E-state index is 11.9. The zero-order valence-corrected chi connectivity index (χ0v) is 11.2. The van der Waals surface area contributed by atoms with E-state index in [1.54, 1.807) is 0 Å². The first kappa shape index (κ1) is 14.9. The lowest BCUT2D eigenvalue weighted by atomic mass is 10.2. The third kappa shape index (κ3) is 3.41. The molecule has 1 unspecified atom stereocenters. The third-order valence-corrected chi connectivity index (χ3v) is 4.91. The van der Waals surface area contributed by atoms with Crippen LogP contribution < -0.4 is 5.73 Å². The highest BCUT2D eigenvalue weighted by atomic mass is 35.5. The number of benzene rings is 1. The van der Waals surface area contributed by atoms with Crippen LogP contribution in [0.5, 0.6) is 0 Å². The van der Waals surface area contributed by atoms with Gasteiger partial charge in [-0.3, -0.25) is 10.1 Å². The van der Waals surface area contributed by atoms with Crippen LogP contribution in [0.4, 0.5) is 5.69 Å². The van der Waals surface area contributed by atoms with Crippen LogP contribution in [0.1, 0.15) is 12.5 Å². The second-order valence-electron chi connectivity index (χ2n) is 3.88. The van der Waals surface area contributed by atoms with Gasteiger partial charge < -0.3 is 5.73 Å². The summed E-state index contributed by atoms with van der Waals surface area (Å²) in [5, 5.41) is 10.3. The van der Waals surface area contributed by atoms with Gasteiger partial charge in [0.15, 0.2) is 9.84 Å². The maximum absolute atomic E-state index is 11.9. The van der Waals surface area contributed by atoms with E-state index in [1.165, 1.54) is 25.1 Å². The quantitative estimate of drug-likeness (QED) is 0.654. The lowest BCUT2D eigenvalue weighted by Crippen LogP contribution is -2.27. The summed E-state index contributed by atoms with van der Waals surface area (Å²) < 4.78 is 23.7. The monoisotopic (exact) mass is 292 g/mol. The van der Waals surface area contributed by atoms with Crippen LogP contribution in [0.3, 0.4) is 0 Å². The molecule has 0 aliphatic carbocycles. The highest BCUT2D eigenvalue weighted by Crippen LogP contribution is 2.25. The van der Waals surface area contributed by atoms with E-state index >= 15 is 0 Å². The minimum Gasteiger partial charge on any atom is -0.329 e. The summed E-state index contributed by atoms with van der Waals surface area (Å²) in [6, 6.07) is 3.84. The van der Waals surface area contributed by atoms with Crippen molar-refractivity contribution in [3.05, 3.63) is 38.9 Å². The summed E-state index contributed by atoms with van der Waals surface area (Å²) in [6.07, 6.45) is 0. The average Bonchev–Trinajstić information content (AvgIpc) is 2.26. The molecule has 0 fully saturated rings. The normalized spacial score (nSPS) is 13.3. The van der Waals surface area contributed by atoms with Crippen LogP contribution in [0.25, 0.3) is 0 Å². The number of nitro benzene ring substituents is 1. The van der Waals surface area contributed by atoms with Crippen molar-refractivity contribution in [1.82, 2.24) is 0 Å². The van der Waals surface area contributed by atoms with Crippen LogP contribution in [0, 0.1) is 10.1 Å². The molecule has 18 heavy (non-hydrogen) atoms. The van der Waals surface area contributed by atoms with Gasteiger partial charge in [-0.25, -0.2) is 8.42 Å². The van der Waals surface area contributed by atoms with Crippen molar-refractivity contribution in [2.45, 2.75) is 17.9 Å². The number of nitro groups is 1. The van der Waals surface area contributed by atoms with E-state index in [4.69, 9.17) is 17.3 Å². The predicted molar refractivity (Wildman–Crippen MR) is 69.2 cm³/mol. The van der Waals surface area contributed by atoms with Gasteiger partial charge in [0.1, 0.15) is 0 Å². The molecule has 0 aliphatic heterocycles. The van der Waals surface area contributed by atoms with Gasteiger partial charge >= 0.3 is 0 Å². The molecule has 8 heteroatoms. The molecule has 0 heterocycles. The number of nitrogens with two attached hydrogens (primary N) is 1. The molecule has 2 N–H and O–H groups in total. The van der Waals surface area contributed by atoms with Gasteiger partial charge in [-0.05, 0) is 19.1 Å². The van der Waals surface area contributed by atoms with Gasteiger partial charge in [0.2, 0.25) is 0 Å². The molecular formula is C10H13ClN2O4S. The first-order valence-corrected chi connectivity index (χ1v) is 7.21. The molecule has 1 aromatic rings. The maximum Gasteiger partial charge on any atom is 0.273 e. The van der Waals surface area contributed by atoms with Gasteiger partial charge in [-0.15, -0.1) is 0 Å². The second kappa shape index (κ2) is 5.64. The number of halogens is 1. The number of hydrogen-bond donors (Lipinski definition) is 1. The van der Waals surface area contributed by atoms with Gasteiger partial charge in [-0.1, -0.05) is 11.6 Å². The standard InChI is InChI=1S/C10H13ClN2O4S/c1-7(5-12)18(16,17)6-8-4-9(11)2-3-10(8)13(14)15/h2-4,7H,5-6,12H2,1H3. The molecule has 0 amide bonds. The Hall–Kier alpha value is -1.18. The van der Waals surface area contributed by atoms with Gasteiger partial charge in [0.25, 0.3) is 5.69 Å². The van der Waals surface area contributed by atoms with E-state index in [0.717, 1.165) is 0 Å². The highest BCUT2D eigenvalue weighted by molar-refractivity contribution is 7.91. The molecule has 0 bridgehead atoms. The van der Waals surface area contributed by atoms with Crippen LogP contribution in [-0.2, 0) is 15.6 Å². The fourth-order valence-corrected chi connectivity index (χ4v) is 2.79. The molecular weight excluding hydrogens is 280 g/mol. The molecule has 0 aliphatic rings. The number of hydrogen-bond acceptors (Lipinski definition) is 5. The van der Waals surface area contributed by atoms with Gasteiger partial charge in [0, 0.05) is 23.2 Å². The topological polar surface area (TPSA) is 103 Å². The smallest absolute Gasteiger partial charge is 0.273 e. The van der Waals surface area contributed by atoms with Gasteiger partial charge in [0.05, 0.1) is 15.9 Å². The first-order chi connectivity index (χ1) is 8.27. The Morgan fingerprint density at radius 1 is 1.50 bits per heavy atom. The van der Waals surface area contributed by atoms with Gasteiger partial charge in [-0.2, -0.15) is 0 Å². The van der Waals surface area contributed by atoms with E-state index < -0.39 is 25.8 Å². The number of sulfone groups is 1. The Balaban J connectivity index is 3.18. The predicted octanol–water partition coefficient (Wildman–Crippen LogP) is 1.51. The highest BCUT2D eigenvalue weighted by Gasteiger charge is 2.24. The van der Waals surface area contributed by atoms with Crippen molar-refractivity contribution in [2.24, 2.45) is 5.73 Å². The SMILES string of the molecule is CC(CN)S(=O)(=O)Cc1cc(Cl)ccc1[N+](=O)[O-]. The summed E-state index contributed by atoms with van der Waals surface area (Å²) in [5.74, 6) is -0.442. The summed E-state index contributed by atoms with van der Waals surface area (Å²) in [6.45, 7) is 1.43. The Morgan fingerprint density at radius 3 is 2.61 bits per heavy atom. The van der Waals surface area contributed by atoms with Crippen molar-refractivity contribution in [2.75, 3.05) is 6.54 Å². The van der Waals surface area contributed by atoms with Crippen molar-refractivity contribution in [3.8, 4) is 0 Å². The van der Waals surface area contributed by atoms with Crippen LogP contribution in [0.2, 0.25) is 5.02 Å². The average molecular weight is 293 g/mol.